The first-order valence-electron chi connectivity index (χ1n) is 16.3. The summed E-state index contributed by atoms with van der Waals surface area (Å²) < 4.78 is 0. The fraction of sp³-hybridized carbons (Fsp3) is 0.415. The molecular weight excluding hydrogens is 759 g/mol. The van der Waals surface area contributed by atoms with Crippen LogP contribution in [0.5, 0.6) is 0 Å². The summed E-state index contributed by atoms with van der Waals surface area (Å²) in [6.07, 6.45) is 2.99. The number of aliphatic hydroxyl groups excluding tert-OH is 1. The van der Waals surface area contributed by atoms with Crippen molar-refractivity contribution in [3.05, 3.63) is 96.3 Å². The summed E-state index contributed by atoms with van der Waals surface area (Å²) in [5.74, 6) is 0.195. The second kappa shape index (κ2) is 15.4. The van der Waals surface area contributed by atoms with E-state index in [1.165, 1.54) is 27.8 Å². The molecule has 0 aliphatic heterocycles. The van der Waals surface area contributed by atoms with Crippen LogP contribution >= 0.6 is 0 Å². The van der Waals surface area contributed by atoms with Crippen molar-refractivity contribution >= 4 is 29.9 Å². The molecule has 0 bridgehead atoms. The maximum atomic E-state index is 11.8. The number of nitrogens with zero attached hydrogens (tertiary/aromatic N) is 1. The van der Waals surface area contributed by atoms with Gasteiger partial charge in [-0.2, -0.15) is 0 Å². The molecule has 249 valence electrons. The number of aliphatic hydroxyl groups is 1. The van der Waals surface area contributed by atoms with Gasteiger partial charge in [0, 0.05) is 37.0 Å². The van der Waals surface area contributed by atoms with Crippen molar-refractivity contribution in [3.8, 4) is 22.4 Å². The Morgan fingerprint density at radius 2 is 1.46 bits per heavy atom. The minimum atomic E-state index is -1.38. The number of pyridine rings is 1. The Balaban J connectivity index is 0.000000394. The Morgan fingerprint density at radius 3 is 1.96 bits per heavy atom. The number of aromatic nitrogens is 1. The molecule has 0 unspecified atom stereocenters. The summed E-state index contributed by atoms with van der Waals surface area (Å²) in [6.45, 7) is 25.5. The van der Waals surface area contributed by atoms with Crippen LogP contribution in [-0.2, 0) is 30.3 Å². The SMILES string of the molecule is CC(C)(C)c1c[c-]c(-c2nc3ccc([Si](C)(C)C)cc3cc2-c2ccccc2)cc1.CCC(C)(C)C(=O)/C=C(\O)C(C)(C)CC.[Ir]. The molecule has 5 heteroatoms. The van der Waals surface area contributed by atoms with Crippen LogP contribution in [0.15, 0.2) is 84.6 Å². The monoisotopic (exact) mass is 813 g/mol. The standard InChI is InChI=1S/C28H30NSi.C13H24O2.Ir/c1-28(2,3)23-14-12-21(13-15-23)27-25(20-10-8-7-9-11-20)19-22-18-24(30(4,5)6)16-17-26(22)29-27;1-7-12(3,4)10(14)9-11(15)13(5,6)8-2;/h7-12,14-19H,1-6H3;9,14H,7-8H2,1-6H3;/q-1;;/b;10-9-;. The Morgan fingerprint density at radius 1 is 0.848 bits per heavy atom. The van der Waals surface area contributed by atoms with Gasteiger partial charge in [-0.25, -0.2) is 0 Å². The van der Waals surface area contributed by atoms with Crippen LogP contribution in [-0.4, -0.2) is 23.9 Å². The van der Waals surface area contributed by atoms with Crippen LogP contribution < -0.4 is 5.19 Å². The van der Waals surface area contributed by atoms with Gasteiger partial charge in [0.05, 0.1) is 13.6 Å². The molecule has 1 radical (unpaired) electrons. The number of allylic oxidation sites excluding steroid dienone is 2. The zero-order valence-corrected chi connectivity index (χ0v) is 33.5. The zero-order valence-electron chi connectivity index (χ0n) is 30.1. The van der Waals surface area contributed by atoms with Crippen molar-refractivity contribution in [2.45, 2.75) is 100 Å². The Bertz CT molecular complexity index is 1640. The molecule has 3 nitrogen and oxygen atoms in total. The molecule has 0 saturated carbocycles. The van der Waals surface area contributed by atoms with Gasteiger partial charge < -0.3 is 5.11 Å². The van der Waals surface area contributed by atoms with Crippen molar-refractivity contribution in [3.63, 3.8) is 0 Å². The van der Waals surface area contributed by atoms with Crippen LogP contribution in [0.3, 0.4) is 0 Å². The third-order valence-corrected chi connectivity index (χ3v) is 11.1. The van der Waals surface area contributed by atoms with E-state index in [0.29, 0.717) is 0 Å². The Hall–Kier alpha value is -2.85. The van der Waals surface area contributed by atoms with Crippen LogP contribution in [0.1, 0.15) is 80.7 Å². The molecule has 4 aromatic rings. The molecule has 46 heavy (non-hydrogen) atoms. The van der Waals surface area contributed by atoms with E-state index >= 15 is 0 Å². The van der Waals surface area contributed by atoms with Crippen molar-refractivity contribution in [1.82, 2.24) is 4.98 Å². The molecule has 0 fully saturated rings. The summed E-state index contributed by atoms with van der Waals surface area (Å²) in [6, 6.07) is 29.7. The van der Waals surface area contributed by atoms with E-state index in [1.807, 2.05) is 41.5 Å². The maximum Gasteiger partial charge on any atom is 0.164 e. The van der Waals surface area contributed by atoms with Crippen LogP contribution in [0, 0.1) is 16.9 Å². The molecule has 1 heterocycles. The predicted octanol–water partition coefficient (Wildman–Crippen LogP) is 11.1. The molecule has 1 N–H and O–H groups in total. The van der Waals surface area contributed by atoms with E-state index in [1.54, 1.807) is 0 Å². The maximum absolute atomic E-state index is 11.8. The number of fused-ring (bicyclic) bond motifs is 1. The van der Waals surface area contributed by atoms with Crippen molar-refractivity contribution in [2.75, 3.05) is 0 Å². The van der Waals surface area contributed by atoms with E-state index in [0.717, 1.165) is 35.2 Å². The molecule has 0 aliphatic carbocycles. The van der Waals surface area contributed by atoms with Crippen molar-refractivity contribution in [2.24, 2.45) is 10.8 Å². The van der Waals surface area contributed by atoms with E-state index in [2.05, 4.69) is 119 Å². The number of carbonyl (C=O) groups is 1. The first-order chi connectivity index (χ1) is 20.8. The van der Waals surface area contributed by atoms with E-state index in [9.17, 15) is 9.90 Å². The molecule has 1 aromatic heterocycles. The number of rotatable bonds is 8. The van der Waals surface area contributed by atoms with Crippen LogP contribution in [0.25, 0.3) is 33.3 Å². The van der Waals surface area contributed by atoms with Gasteiger partial charge in [-0.15, -0.1) is 35.4 Å². The second-order valence-electron chi connectivity index (χ2n) is 15.5. The fourth-order valence-corrected chi connectivity index (χ4v) is 5.77. The summed E-state index contributed by atoms with van der Waals surface area (Å²) >= 11 is 0. The molecule has 3 aromatic carbocycles. The molecule has 0 amide bonds. The van der Waals surface area contributed by atoms with Gasteiger partial charge in [-0.3, -0.25) is 9.78 Å². The quantitative estimate of drug-likeness (QED) is 0.0834. The zero-order chi connectivity index (χ0) is 33.8. The normalized spacial score (nSPS) is 12.7. The summed E-state index contributed by atoms with van der Waals surface area (Å²) in [5, 5.41) is 12.5. The third kappa shape index (κ3) is 9.83. The number of hydrogen-bond acceptors (Lipinski definition) is 3. The van der Waals surface area contributed by atoms with Crippen LogP contribution in [0.4, 0.5) is 0 Å². The number of hydrogen-bond donors (Lipinski definition) is 1. The van der Waals surface area contributed by atoms with E-state index in [-0.39, 0.29) is 47.9 Å². The largest absolute Gasteiger partial charge is 0.512 e. The summed E-state index contributed by atoms with van der Waals surface area (Å²) in [5.41, 5.74) is 6.14. The number of benzene rings is 3. The van der Waals surface area contributed by atoms with Gasteiger partial charge in [0.2, 0.25) is 0 Å². The number of ketones is 1. The first-order valence-corrected chi connectivity index (χ1v) is 19.8. The molecule has 0 aliphatic rings. The average molecular weight is 813 g/mol. The molecule has 0 atom stereocenters. The van der Waals surface area contributed by atoms with E-state index in [4.69, 9.17) is 4.98 Å². The fourth-order valence-electron chi connectivity index (χ4n) is 4.59. The van der Waals surface area contributed by atoms with Gasteiger partial charge in [-0.05, 0) is 46.5 Å². The van der Waals surface area contributed by atoms with Gasteiger partial charge in [-0.1, -0.05) is 136 Å². The summed E-state index contributed by atoms with van der Waals surface area (Å²) in [4.78, 5) is 17.0. The van der Waals surface area contributed by atoms with Crippen LogP contribution in [0.2, 0.25) is 19.6 Å². The van der Waals surface area contributed by atoms with Gasteiger partial charge in [0.1, 0.15) is 5.76 Å². The first kappa shape index (κ1) is 39.3. The predicted molar refractivity (Wildman–Crippen MR) is 197 cm³/mol. The minimum Gasteiger partial charge on any atom is -0.512 e. The molecule has 0 saturated heterocycles. The Kier molecular flexibility index (Phi) is 13.1. The molecule has 4 rings (SSSR count). The summed E-state index contributed by atoms with van der Waals surface area (Å²) in [7, 11) is -1.38. The van der Waals surface area contributed by atoms with Gasteiger partial charge >= 0.3 is 0 Å². The minimum absolute atomic E-state index is 0. The topological polar surface area (TPSA) is 50.2 Å². The number of carbonyl (C=O) groups excluding carboxylic acids is 1. The Labute approximate surface area is 293 Å². The molecular formula is C41H54IrNO2Si-. The van der Waals surface area contributed by atoms with Gasteiger partial charge in [0.25, 0.3) is 0 Å². The molecule has 0 spiro atoms. The third-order valence-electron chi connectivity index (χ3n) is 9.10. The second-order valence-corrected chi connectivity index (χ2v) is 20.6. The van der Waals surface area contributed by atoms with Crippen molar-refractivity contribution in [1.29, 1.82) is 0 Å². The smallest absolute Gasteiger partial charge is 0.164 e. The van der Waals surface area contributed by atoms with Crippen molar-refractivity contribution < 1.29 is 30.0 Å². The average Bonchev–Trinajstić information content (AvgIpc) is 3.00. The van der Waals surface area contributed by atoms with Gasteiger partial charge in [0.15, 0.2) is 5.78 Å². The van der Waals surface area contributed by atoms with E-state index < -0.39 is 8.07 Å².